The summed E-state index contributed by atoms with van der Waals surface area (Å²) >= 11 is 0. The molecule has 0 saturated heterocycles. The lowest BCUT2D eigenvalue weighted by Gasteiger charge is -2.21. The van der Waals surface area contributed by atoms with Gasteiger partial charge in [0.2, 0.25) is 0 Å². The molecular formula is C12H17N5O2. The summed E-state index contributed by atoms with van der Waals surface area (Å²) in [6.07, 6.45) is 5.60. The second-order valence-corrected chi connectivity index (χ2v) is 3.77. The average Bonchev–Trinajstić information content (AvgIpc) is 2.46. The van der Waals surface area contributed by atoms with E-state index in [1.807, 2.05) is 23.3 Å². The van der Waals surface area contributed by atoms with Crippen molar-refractivity contribution in [1.82, 2.24) is 4.90 Å². The Morgan fingerprint density at radius 1 is 1.37 bits per heavy atom. The number of hydrogen-bond donors (Lipinski definition) is 0. The van der Waals surface area contributed by atoms with Gasteiger partial charge in [0.25, 0.3) is 0 Å². The second-order valence-electron chi connectivity index (χ2n) is 3.77. The first-order valence-electron chi connectivity index (χ1n) is 6.05. The minimum absolute atomic E-state index is 0.346. The molecule has 0 aliphatic carbocycles. The van der Waals surface area contributed by atoms with Crippen LogP contribution in [0.4, 0.5) is 0 Å². The van der Waals surface area contributed by atoms with Crippen molar-refractivity contribution in [2.75, 3.05) is 46.1 Å². The van der Waals surface area contributed by atoms with Crippen molar-refractivity contribution in [3.8, 4) is 6.07 Å². The number of rotatable bonds is 9. The van der Waals surface area contributed by atoms with Gasteiger partial charge in [-0.05, 0) is 11.6 Å². The molecule has 19 heavy (non-hydrogen) atoms. The van der Waals surface area contributed by atoms with E-state index in [2.05, 4.69) is 16.1 Å². The fourth-order valence-electron chi connectivity index (χ4n) is 1.48. The van der Waals surface area contributed by atoms with Crippen molar-refractivity contribution >= 4 is 0 Å². The SMILES string of the molecule is N#CC1=CN(CCOCCOCCN=[N+]=[N-])CC=C1. The number of azide groups is 1. The molecule has 0 spiro atoms. The van der Waals surface area contributed by atoms with E-state index in [-0.39, 0.29) is 0 Å². The van der Waals surface area contributed by atoms with E-state index in [1.165, 1.54) is 0 Å². The Morgan fingerprint density at radius 2 is 2.16 bits per heavy atom. The van der Waals surface area contributed by atoms with Crippen molar-refractivity contribution < 1.29 is 9.47 Å². The van der Waals surface area contributed by atoms with Crippen LogP contribution in [0.2, 0.25) is 0 Å². The molecule has 0 radical (unpaired) electrons. The summed E-state index contributed by atoms with van der Waals surface area (Å²) in [5, 5.41) is 12.1. The standard InChI is InChI=1S/C12H17N5O2/c13-10-12-2-1-4-17(11-12)5-7-19-9-8-18-6-3-15-16-14/h1-2,11H,3-9H2. The van der Waals surface area contributed by atoms with Gasteiger partial charge in [0.05, 0.1) is 32.0 Å². The molecule has 1 aliphatic rings. The van der Waals surface area contributed by atoms with Gasteiger partial charge in [-0.1, -0.05) is 11.2 Å². The van der Waals surface area contributed by atoms with E-state index in [0.29, 0.717) is 38.5 Å². The van der Waals surface area contributed by atoms with Gasteiger partial charge in [-0.3, -0.25) is 0 Å². The zero-order valence-electron chi connectivity index (χ0n) is 10.7. The minimum Gasteiger partial charge on any atom is -0.379 e. The van der Waals surface area contributed by atoms with Crippen LogP contribution in [0.3, 0.4) is 0 Å². The van der Waals surface area contributed by atoms with E-state index in [4.69, 9.17) is 20.3 Å². The summed E-state index contributed by atoms with van der Waals surface area (Å²) in [6.45, 7) is 3.89. The third kappa shape index (κ3) is 7.11. The van der Waals surface area contributed by atoms with Crippen LogP contribution >= 0.6 is 0 Å². The lowest BCUT2D eigenvalue weighted by atomic mass is 10.2. The second kappa shape index (κ2) is 9.97. The Kier molecular flexibility index (Phi) is 7.90. The lowest BCUT2D eigenvalue weighted by molar-refractivity contribution is 0.0458. The van der Waals surface area contributed by atoms with Gasteiger partial charge in [0, 0.05) is 30.7 Å². The number of hydrogen-bond acceptors (Lipinski definition) is 5. The summed E-state index contributed by atoms with van der Waals surface area (Å²) in [6, 6.07) is 2.11. The van der Waals surface area contributed by atoms with Crippen molar-refractivity contribution in [3.63, 3.8) is 0 Å². The van der Waals surface area contributed by atoms with Gasteiger partial charge in [-0.2, -0.15) is 5.26 Å². The average molecular weight is 263 g/mol. The van der Waals surface area contributed by atoms with Crippen LogP contribution in [0.5, 0.6) is 0 Å². The molecule has 1 aliphatic heterocycles. The maximum atomic E-state index is 8.77. The molecule has 0 amide bonds. The maximum absolute atomic E-state index is 8.77. The zero-order valence-corrected chi connectivity index (χ0v) is 10.7. The predicted molar refractivity (Wildman–Crippen MR) is 70.1 cm³/mol. The topological polar surface area (TPSA) is 94.3 Å². The van der Waals surface area contributed by atoms with Crippen LogP contribution in [-0.4, -0.2) is 51.0 Å². The normalized spacial score (nSPS) is 13.6. The Labute approximate surface area is 112 Å². The fraction of sp³-hybridized carbons (Fsp3) is 0.583. The van der Waals surface area contributed by atoms with Gasteiger partial charge in [-0.15, -0.1) is 0 Å². The summed E-state index contributed by atoms with van der Waals surface area (Å²) in [7, 11) is 0. The Bertz CT molecular complexity index is 407. The third-order valence-electron chi connectivity index (χ3n) is 2.38. The summed E-state index contributed by atoms with van der Waals surface area (Å²) in [4.78, 5) is 4.65. The van der Waals surface area contributed by atoms with Gasteiger partial charge < -0.3 is 14.4 Å². The first-order valence-corrected chi connectivity index (χ1v) is 6.05. The molecule has 7 nitrogen and oxygen atoms in total. The number of nitrogens with zero attached hydrogens (tertiary/aromatic N) is 5. The highest BCUT2D eigenvalue weighted by Crippen LogP contribution is 2.05. The molecule has 0 aromatic rings. The molecule has 1 rings (SSSR count). The highest BCUT2D eigenvalue weighted by Gasteiger charge is 2.04. The molecule has 7 heteroatoms. The van der Waals surface area contributed by atoms with E-state index in [0.717, 1.165) is 13.1 Å². The number of allylic oxidation sites excluding steroid dienone is 2. The molecule has 0 N–H and O–H groups in total. The molecule has 0 fully saturated rings. The Balaban J connectivity index is 1.97. The maximum Gasteiger partial charge on any atom is 0.101 e. The smallest absolute Gasteiger partial charge is 0.101 e. The van der Waals surface area contributed by atoms with Gasteiger partial charge in [0.1, 0.15) is 6.07 Å². The van der Waals surface area contributed by atoms with E-state index in [9.17, 15) is 0 Å². The van der Waals surface area contributed by atoms with Crippen molar-refractivity contribution in [1.29, 1.82) is 5.26 Å². The molecule has 0 unspecified atom stereocenters. The molecule has 102 valence electrons. The van der Waals surface area contributed by atoms with E-state index >= 15 is 0 Å². The molecule has 0 bridgehead atoms. The fourth-order valence-corrected chi connectivity index (χ4v) is 1.48. The van der Waals surface area contributed by atoms with Crippen LogP contribution in [0.15, 0.2) is 29.0 Å². The van der Waals surface area contributed by atoms with Crippen LogP contribution in [0, 0.1) is 11.3 Å². The van der Waals surface area contributed by atoms with Crippen LogP contribution in [0.1, 0.15) is 0 Å². The molecule has 0 atom stereocenters. The Hall–Kier alpha value is -2.00. The van der Waals surface area contributed by atoms with Crippen molar-refractivity contribution in [3.05, 3.63) is 34.4 Å². The van der Waals surface area contributed by atoms with Crippen LogP contribution < -0.4 is 0 Å². The highest BCUT2D eigenvalue weighted by molar-refractivity contribution is 5.34. The first kappa shape index (κ1) is 15.1. The quantitative estimate of drug-likeness (QED) is 0.273. The highest BCUT2D eigenvalue weighted by atomic mass is 16.5. The monoisotopic (exact) mass is 263 g/mol. The minimum atomic E-state index is 0.346. The molecule has 0 aromatic carbocycles. The third-order valence-corrected chi connectivity index (χ3v) is 2.38. The summed E-state index contributed by atoms with van der Waals surface area (Å²) in [5.41, 5.74) is 8.70. The molecule has 0 saturated carbocycles. The number of ether oxygens (including phenoxy) is 2. The van der Waals surface area contributed by atoms with Crippen LogP contribution in [-0.2, 0) is 9.47 Å². The van der Waals surface area contributed by atoms with Gasteiger partial charge >= 0.3 is 0 Å². The van der Waals surface area contributed by atoms with Crippen molar-refractivity contribution in [2.24, 2.45) is 5.11 Å². The molecular weight excluding hydrogens is 246 g/mol. The van der Waals surface area contributed by atoms with Gasteiger partial charge in [-0.25, -0.2) is 0 Å². The van der Waals surface area contributed by atoms with Crippen molar-refractivity contribution in [2.45, 2.75) is 0 Å². The van der Waals surface area contributed by atoms with E-state index in [1.54, 1.807) is 0 Å². The largest absolute Gasteiger partial charge is 0.379 e. The lowest BCUT2D eigenvalue weighted by Crippen LogP contribution is -2.25. The Morgan fingerprint density at radius 3 is 2.89 bits per heavy atom. The predicted octanol–water partition coefficient (Wildman–Crippen LogP) is 1.61. The van der Waals surface area contributed by atoms with Gasteiger partial charge in [0.15, 0.2) is 0 Å². The summed E-state index contributed by atoms with van der Waals surface area (Å²) in [5.74, 6) is 0. The first-order chi connectivity index (χ1) is 9.36. The zero-order chi connectivity index (χ0) is 13.8. The molecule has 1 heterocycles. The van der Waals surface area contributed by atoms with E-state index < -0.39 is 0 Å². The summed E-state index contributed by atoms with van der Waals surface area (Å²) < 4.78 is 10.6. The van der Waals surface area contributed by atoms with Crippen LogP contribution in [0.25, 0.3) is 10.4 Å². The molecule has 0 aromatic heterocycles. The number of nitriles is 1.